The molecule has 37 heavy (non-hydrogen) atoms. The van der Waals surface area contributed by atoms with E-state index >= 15 is 0 Å². The number of hydrazone groups is 1. The molecule has 0 spiro atoms. The van der Waals surface area contributed by atoms with E-state index in [2.05, 4.69) is 31.8 Å². The number of hydrogen-bond acceptors (Lipinski definition) is 5. The second kappa shape index (κ2) is 13.5. The summed E-state index contributed by atoms with van der Waals surface area (Å²) in [4.78, 5) is 25.3. The van der Waals surface area contributed by atoms with E-state index in [1.54, 1.807) is 61.7 Å². The number of hydrogen-bond donors (Lipinski definition) is 2. The van der Waals surface area contributed by atoms with Crippen molar-refractivity contribution in [3.63, 3.8) is 0 Å². The zero-order valence-electron chi connectivity index (χ0n) is 20.4. The van der Waals surface area contributed by atoms with Gasteiger partial charge in [-0.25, -0.2) is 5.43 Å². The lowest BCUT2D eigenvalue weighted by Gasteiger charge is -2.20. The first-order valence-corrected chi connectivity index (χ1v) is 12.9. The lowest BCUT2D eigenvalue weighted by atomic mass is 10.0. The molecule has 0 aliphatic carbocycles. The zero-order valence-corrected chi connectivity index (χ0v) is 23.5. The van der Waals surface area contributed by atoms with Gasteiger partial charge in [0.25, 0.3) is 11.8 Å². The Morgan fingerprint density at radius 3 is 2.41 bits per heavy atom. The Kier molecular flexibility index (Phi) is 10.4. The molecule has 0 saturated heterocycles. The van der Waals surface area contributed by atoms with Crippen molar-refractivity contribution in [3.05, 3.63) is 91.9 Å². The van der Waals surface area contributed by atoms with Gasteiger partial charge in [-0.2, -0.15) is 5.10 Å². The number of nitrogens with one attached hydrogen (secondary N) is 2. The number of halogens is 3. The van der Waals surface area contributed by atoms with Crippen LogP contribution in [0.4, 0.5) is 0 Å². The van der Waals surface area contributed by atoms with E-state index in [9.17, 15) is 9.59 Å². The van der Waals surface area contributed by atoms with Crippen molar-refractivity contribution < 1.29 is 19.1 Å². The Morgan fingerprint density at radius 2 is 1.78 bits per heavy atom. The van der Waals surface area contributed by atoms with E-state index in [0.29, 0.717) is 31.6 Å². The van der Waals surface area contributed by atoms with E-state index in [1.807, 2.05) is 19.9 Å². The molecular formula is C27H26BrCl2N3O4. The molecule has 0 fully saturated rings. The number of benzene rings is 3. The summed E-state index contributed by atoms with van der Waals surface area (Å²) >= 11 is 15.6. The molecule has 3 aromatic rings. The maximum Gasteiger partial charge on any atom is 0.262 e. The number of carbonyl (C=O) groups excluding carboxylic acids is 2. The molecule has 10 heteroatoms. The molecule has 3 rings (SSSR count). The smallest absolute Gasteiger partial charge is 0.262 e. The Labute approximate surface area is 234 Å². The lowest BCUT2D eigenvalue weighted by molar-refractivity contribution is -0.123. The standard InChI is InChI=1S/C27H26BrCl2N3O4/c1-16(2)25(32-26(34)18-6-9-21(36-3)10-7-18)27(35)33-31-14-17-4-11-24(22(28)12-17)37-15-19-5-8-20(29)13-23(19)30/h4-14,16,25H,15H2,1-3H3,(H,32,34)(H,33,35). The monoisotopic (exact) mass is 605 g/mol. The first kappa shape index (κ1) is 28.5. The molecule has 1 unspecified atom stereocenters. The highest BCUT2D eigenvalue weighted by molar-refractivity contribution is 9.10. The fraction of sp³-hybridized carbons (Fsp3) is 0.222. The third kappa shape index (κ3) is 8.21. The maximum absolute atomic E-state index is 12.7. The van der Waals surface area contributed by atoms with Crippen molar-refractivity contribution in [1.82, 2.24) is 10.7 Å². The predicted molar refractivity (Wildman–Crippen MR) is 150 cm³/mol. The molecule has 3 aromatic carbocycles. The highest BCUT2D eigenvalue weighted by atomic mass is 79.9. The van der Waals surface area contributed by atoms with Gasteiger partial charge in [-0.1, -0.05) is 43.1 Å². The van der Waals surface area contributed by atoms with Crippen molar-refractivity contribution >= 4 is 57.2 Å². The first-order valence-electron chi connectivity index (χ1n) is 11.3. The zero-order chi connectivity index (χ0) is 26.9. The van der Waals surface area contributed by atoms with Gasteiger partial charge >= 0.3 is 0 Å². The topological polar surface area (TPSA) is 89.0 Å². The van der Waals surface area contributed by atoms with E-state index < -0.39 is 11.9 Å². The van der Waals surface area contributed by atoms with Crippen molar-refractivity contribution in [3.8, 4) is 11.5 Å². The Bertz CT molecular complexity index is 1280. The van der Waals surface area contributed by atoms with Crippen LogP contribution in [0.25, 0.3) is 0 Å². The Morgan fingerprint density at radius 1 is 1.05 bits per heavy atom. The van der Waals surface area contributed by atoms with Crippen LogP contribution in [0.3, 0.4) is 0 Å². The number of amides is 2. The molecule has 0 aliphatic rings. The number of nitrogens with zero attached hydrogens (tertiary/aromatic N) is 1. The molecule has 0 bridgehead atoms. The summed E-state index contributed by atoms with van der Waals surface area (Å²) in [6.45, 7) is 3.96. The predicted octanol–water partition coefficient (Wildman–Crippen LogP) is 6.25. The van der Waals surface area contributed by atoms with Gasteiger partial charge in [0.1, 0.15) is 24.1 Å². The van der Waals surface area contributed by atoms with Gasteiger partial charge in [0.15, 0.2) is 0 Å². The minimum atomic E-state index is -0.769. The summed E-state index contributed by atoms with van der Waals surface area (Å²) < 4.78 is 11.7. The van der Waals surface area contributed by atoms with Crippen molar-refractivity contribution in [2.24, 2.45) is 11.0 Å². The van der Waals surface area contributed by atoms with Gasteiger partial charge in [-0.05, 0) is 82.0 Å². The molecule has 0 heterocycles. The number of carbonyl (C=O) groups is 2. The van der Waals surface area contributed by atoms with E-state index in [-0.39, 0.29) is 18.4 Å². The summed E-state index contributed by atoms with van der Waals surface area (Å²) in [5.41, 5.74) is 4.47. The van der Waals surface area contributed by atoms with Crippen LogP contribution < -0.4 is 20.2 Å². The van der Waals surface area contributed by atoms with Gasteiger partial charge in [-0.15, -0.1) is 0 Å². The summed E-state index contributed by atoms with van der Waals surface area (Å²) in [6, 6.07) is 16.5. The maximum atomic E-state index is 12.7. The summed E-state index contributed by atoms with van der Waals surface area (Å²) in [5.74, 6) is 0.318. The average Bonchev–Trinajstić information content (AvgIpc) is 2.87. The molecule has 1 atom stereocenters. The van der Waals surface area contributed by atoms with Crippen LogP contribution in [-0.4, -0.2) is 31.2 Å². The van der Waals surface area contributed by atoms with Gasteiger partial charge in [-0.3, -0.25) is 9.59 Å². The molecule has 2 amide bonds. The van der Waals surface area contributed by atoms with Crippen LogP contribution in [0.15, 0.2) is 70.2 Å². The largest absolute Gasteiger partial charge is 0.497 e. The van der Waals surface area contributed by atoms with E-state index in [0.717, 1.165) is 11.1 Å². The second-order valence-electron chi connectivity index (χ2n) is 8.37. The minimum Gasteiger partial charge on any atom is -0.497 e. The van der Waals surface area contributed by atoms with Gasteiger partial charge < -0.3 is 14.8 Å². The molecule has 0 aromatic heterocycles. The third-order valence-corrected chi connectivity index (χ3v) is 6.54. The highest BCUT2D eigenvalue weighted by Gasteiger charge is 2.24. The van der Waals surface area contributed by atoms with Crippen molar-refractivity contribution in [2.45, 2.75) is 26.5 Å². The third-order valence-electron chi connectivity index (χ3n) is 5.33. The van der Waals surface area contributed by atoms with Gasteiger partial charge in [0.2, 0.25) is 0 Å². The Balaban J connectivity index is 1.57. The normalized spacial score (nSPS) is 11.9. The number of rotatable bonds is 10. The molecule has 7 nitrogen and oxygen atoms in total. The van der Waals surface area contributed by atoms with Crippen LogP contribution in [0.5, 0.6) is 11.5 Å². The molecule has 0 aliphatic heterocycles. The summed E-state index contributed by atoms with van der Waals surface area (Å²) in [7, 11) is 1.55. The van der Waals surface area contributed by atoms with Crippen LogP contribution in [-0.2, 0) is 11.4 Å². The quantitative estimate of drug-likeness (QED) is 0.211. The molecule has 194 valence electrons. The first-order chi connectivity index (χ1) is 17.7. The van der Waals surface area contributed by atoms with Crippen LogP contribution in [0.2, 0.25) is 10.0 Å². The molecule has 2 N–H and O–H groups in total. The minimum absolute atomic E-state index is 0.155. The van der Waals surface area contributed by atoms with E-state index in [4.69, 9.17) is 32.7 Å². The second-order valence-corrected chi connectivity index (χ2v) is 10.1. The fourth-order valence-electron chi connectivity index (χ4n) is 3.25. The van der Waals surface area contributed by atoms with Gasteiger partial charge in [0.05, 0.1) is 17.8 Å². The summed E-state index contributed by atoms with van der Waals surface area (Å²) in [5, 5.41) is 7.90. The van der Waals surface area contributed by atoms with E-state index in [1.165, 1.54) is 6.21 Å². The Hall–Kier alpha value is -3.07. The fourth-order valence-corrected chi connectivity index (χ4v) is 4.22. The van der Waals surface area contributed by atoms with Gasteiger partial charge in [0, 0.05) is 21.2 Å². The van der Waals surface area contributed by atoms with Crippen molar-refractivity contribution in [2.75, 3.05) is 7.11 Å². The highest BCUT2D eigenvalue weighted by Crippen LogP contribution is 2.28. The average molecular weight is 607 g/mol. The summed E-state index contributed by atoms with van der Waals surface area (Å²) in [6.07, 6.45) is 1.51. The van der Waals surface area contributed by atoms with Crippen LogP contribution in [0, 0.1) is 5.92 Å². The molecular weight excluding hydrogens is 581 g/mol. The molecule has 0 saturated carbocycles. The van der Waals surface area contributed by atoms with Crippen LogP contribution in [0.1, 0.15) is 35.3 Å². The SMILES string of the molecule is COc1ccc(C(=O)NC(C(=O)NN=Cc2ccc(OCc3ccc(Cl)cc3Cl)c(Br)c2)C(C)C)cc1. The number of ether oxygens (including phenoxy) is 2. The van der Waals surface area contributed by atoms with Crippen molar-refractivity contribution in [1.29, 1.82) is 0 Å². The number of methoxy groups -OCH3 is 1. The van der Waals surface area contributed by atoms with Crippen LogP contribution >= 0.6 is 39.1 Å². The lowest BCUT2D eigenvalue weighted by Crippen LogP contribution is -2.48. The molecule has 0 radical (unpaired) electrons.